The first-order valence-corrected chi connectivity index (χ1v) is 3.80. The van der Waals surface area contributed by atoms with E-state index >= 15 is 0 Å². The van der Waals surface area contributed by atoms with Crippen LogP contribution in [-0.4, -0.2) is 6.66 Å². The molecular weight excluding hydrogens is 94.0 g/mol. The molecule has 1 atom stereocenters. The third-order valence-electron chi connectivity index (χ3n) is 0.0772. The molecule has 0 radical (unpaired) electrons. The summed E-state index contributed by atoms with van der Waals surface area (Å²) in [5, 5.41) is 0. The van der Waals surface area contributed by atoms with E-state index in [-0.39, 0.29) is 0 Å². The maximum atomic E-state index is 10.7. The molecule has 0 aliphatic rings. The van der Waals surface area contributed by atoms with E-state index in [1.54, 1.807) is 6.66 Å². The van der Waals surface area contributed by atoms with Crippen LogP contribution in [0.1, 0.15) is 0 Å². The molecule has 0 aromatic heterocycles. The Morgan fingerprint density at radius 2 is 2.25 bits per heavy atom. The number of hydrogen-bond donors (Lipinski definition) is 0. The second-order valence-corrected chi connectivity index (χ2v) is 2.53. The molecule has 0 bridgehead atoms. The Hall–Kier alpha value is 0.710. The molecule has 0 rings (SSSR count). The topological polar surface area (TPSA) is 0 Å². The van der Waals surface area contributed by atoms with E-state index in [0.29, 0.717) is 19.6 Å². The average Bonchev–Trinajstić information content (AvgIpc) is 1.37. The quantitative estimate of drug-likeness (QED) is 0.451. The van der Waals surface area contributed by atoms with Gasteiger partial charge in [0.15, 0.2) is 0 Å². The Bertz CT molecular complexity index is 10.0. The zero-order valence-corrected chi connectivity index (χ0v) is 4.10. The molecule has 0 aromatic rings. The molecule has 0 fully saturated rings. The predicted octanol–water partition coefficient (Wildman–Crippen LogP) is 1.83. The zero-order chi connectivity index (χ0) is 3.41. The van der Waals surface area contributed by atoms with E-state index in [1.165, 1.54) is 0 Å². The van der Waals surface area contributed by atoms with Gasteiger partial charge in [-0.1, -0.05) is 0 Å². The third kappa shape index (κ3) is 2.71. The van der Waals surface area contributed by atoms with Crippen LogP contribution in [0.4, 0.5) is 3.89 Å². The lowest BCUT2D eigenvalue weighted by atomic mass is 12.0. The van der Waals surface area contributed by atoms with Crippen molar-refractivity contribution >= 4 is 19.6 Å². The summed E-state index contributed by atoms with van der Waals surface area (Å²) >= 11 is 0.384. The van der Waals surface area contributed by atoms with Gasteiger partial charge in [-0.25, -0.2) is 0 Å². The molecule has 0 aromatic carbocycles. The molecule has 0 amide bonds. The summed E-state index contributed by atoms with van der Waals surface area (Å²) in [5.74, 6) is 0. The van der Waals surface area contributed by atoms with E-state index in [2.05, 4.69) is 0 Å². The molecule has 0 spiro atoms. The summed E-state index contributed by atoms with van der Waals surface area (Å²) in [6.45, 7) is 1.80. The summed E-state index contributed by atoms with van der Waals surface area (Å²) in [4.78, 5) is 0. The van der Waals surface area contributed by atoms with E-state index in [1.807, 2.05) is 0 Å². The Morgan fingerprint density at radius 3 is 2.25 bits per heavy atom. The van der Waals surface area contributed by atoms with E-state index in [4.69, 9.17) is 0 Å². The van der Waals surface area contributed by atoms with Crippen LogP contribution in [0.2, 0.25) is 0 Å². The van der Waals surface area contributed by atoms with Crippen LogP contribution in [0.25, 0.3) is 0 Å². The molecule has 0 heterocycles. The Kier molecular flexibility index (Phi) is 4.37. The van der Waals surface area contributed by atoms with Crippen molar-refractivity contribution in [2.75, 3.05) is 6.66 Å². The van der Waals surface area contributed by atoms with E-state index in [0.717, 1.165) is 0 Å². The highest BCUT2D eigenvalue weighted by atomic mass is 32.7. The Morgan fingerprint density at radius 1 is 2.00 bits per heavy atom. The molecule has 0 saturated heterocycles. The molecule has 0 aliphatic carbocycles. The van der Waals surface area contributed by atoms with Crippen molar-refractivity contribution in [1.29, 1.82) is 0 Å². The van der Waals surface area contributed by atoms with Gasteiger partial charge in [-0.15, -0.1) is 0 Å². The SMILES string of the molecule is CPSF. The van der Waals surface area contributed by atoms with Crippen molar-refractivity contribution in [2.24, 2.45) is 0 Å². The van der Waals surface area contributed by atoms with Crippen molar-refractivity contribution in [3.63, 3.8) is 0 Å². The molecule has 3 heteroatoms. The maximum Gasteiger partial charge on any atom is 0.0665 e. The number of rotatable bonds is 1. The van der Waals surface area contributed by atoms with Crippen molar-refractivity contribution in [2.45, 2.75) is 0 Å². The van der Waals surface area contributed by atoms with Crippen molar-refractivity contribution in [3.8, 4) is 0 Å². The highest BCUT2D eigenvalue weighted by Crippen LogP contribution is 2.24. The lowest BCUT2D eigenvalue weighted by Crippen LogP contribution is -1.12. The predicted molar refractivity (Wildman–Crippen MR) is 22.9 cm³/mol. The number of halogens is 1. The van der Waals surface area contributed by atoms with Crippen LogP contribution in [0.5, 0.6) is 0 Å². The standard InChI is InChI=1S/CH4FPS/c1-3-4-2/h3H,1H3. The summed E-state index contributed by atoms with van der Waals surface area (Å²) < 4.78 is 10.7. The molecule has 1 unspecified atom stereocenters. The van der Waals surface area contributed by atoms with Gasteiger partial charge in [-0.3, -0.25) is 0 Å². The smallest absolute Gasteiger partial charge is 0.0665 e. The summed E-state index contributed by atoms with van der Waals surface area (Å²) in [5.41, 5.74) is 0. The summed E-state index contributed by atoms with van der Waals surface area (Å²) in [6, 6.07) is 0. The van der Waals surface area contributed by atoms with Crippen molar-refractivity contribution in [3.05, 3.63) is 0 Å². The van der Waals surface area contributed by atoms with Crippen LogP contribution < -0.4 is 0 Å². The first-order valence-electron chi connectivity index (χ1n) is 0.858. The van der Waals surface area contributed by atoms with Gasteiger partial charge in [0.05, 0.1) is 11.8 Å². The summed E-state index contributed by atoms with van der Waals surface area (Å²) in [6.07, 6.45) is 0. The van der Waals surface area contributed by atoms with Crippen LogP contribution in [0, 0.1) is 0 Å². The number of hydrogen-bond acceptors (Lipinski definition) is 1. The molecule has 0 nitrogen and oxygen atoms in total. The van der Waals surface area contributed by atoms with Gasteiger partial charge in [0.1, 0.15) is 0 Å². The molecule has 0 saturated carbocycles. The molecule has 0 N–H and O–H groups in total. The van der Waals surface area contributed by atoms with Crippen molar-refractivity contribution in [1.82, 2.24) is 0 Å². The Labute approximate surface area is 31.0 Å². The van der Waals surface area contributed by atoms with Gasteiger partial charge in [0.2, 0.25) is 0 Å². The fourth-order valence-electron chi connectivity index (χ4n) is 0. The minimum Gasteiger partial charge on any atom is -0.161 e. The van der Waals surface area contributed by atoms with Crippen LogP contribution in [-0.2, 0) is 0 Å². The van der Waals surface area contributed by atoms with Crippen LogP contribution in [0.15, 0.2) is 0 Å². The third-order valence-corrected chi connectivity index (χ3v) is 0.694. The lowest BCUT2D eigenvalue weighted by molar-refractivity contribution is 0.953. The minimum atomic E-state index is 0.384. The molecule has 4 heavy (non-hydrogen) atoms. The lowest BCUT2D eigenvalue weighted by Gasteiger charge is -1.63. The van der Waals surface area contributed by atoms with E-state index in [9.17, 15) is 3.89 Å². The average molecular weight is 98.1 g/mol. The second kappa shape index (κ2) is 3.71. The first kappa shape index (κ1) is 4.71. The second-order valence-electron chi connectivity index (χ2n) is 0.281. The van der Waals surface area contributed by atoms with E-state index < -0.39 is 0 Å². The largest absolute Gasteiger partial charge is 0.161 e. The summed E-state index contributed by atoms with van der Waals surface area (Å²) in [7, 11) is 0.390. The van der Waals surface area contributed by atoms with Gasteiger partial charge in [0.25, 0.3) is 0 Å². The minimum absolute atomic E-state index is 0.384. The Balaban J connectivity index is 1.97. The monoisotopic (exact) mass is 98.0 g/mol. The van der Waals surface area contributed by atoms with Crippen LogP contribution in [0.3, 0.4) is 0 Å². The highest BCUT2D eigenvalue weighted by molar-refractivity contribution is 8.46. The van der Waals surface area contributed by atoms with Crippen LogP contribution >= 0.6 is 19.6 Å². The van der Waals surface area contributed by atoms with Crippen molar-refractivity contribution < 1.29 is 3.89 Å². The maximum absolute atomic E-state index is 10.7. The van der Waals surface area contributed by atoms with Gasteiger partial charge >= 0.3 is 0 Å². The fourth-order valence-corrected chi connectivity index (χ4v) is 0. The zero-order valence-electron chi connectivity index (χ0n) is 2.29. The highest BCUT2D eigenvalue weighted by Gasteiger charge is 1.61. The molecular formula is CH4FPS. The van der Waals surface area contributed by atoms with Gasteiger partial charge in [0, 0.05) is 0 Å². The fraction of sp³-hybridized carbons (Fsp3) is 1.00. The van der Waals surface area contributed by atoms with Gasteiger partial charge in [-0.2, -0.15) is 3.89 Å². The van der Waals surface area contributed by atoms with Gasteiger partial charge in [-0.05, 0) is 14.4 Å². The first-order chi connectivity index (χ1) is 1.91. The van der Waals surface area contributed by atoms with Gasteiger partial charge < -0.3 is 0 Å². The normalized spacial score (nSPS) is 10.5. The molecule has 0 aliphatic heterocycles. The molecule has 26 valence electrons.